The molecule has 0 saturated carbocycles. The van der Waals surface area contributed by atoms with Crippen LogP contribution in [0.5, 0.6) is 5.75 Å². The number of ether oxygens (including phenoxy) is 2. The predicted molar refractivity (Wildman–Crippen MR) is 131 cm³/mol. The summed E-state index contributed by atoms with van der Waals surface area (Å²) in [7, 11) is -3.74. The minimum absolute atomic E-state index is 0.0863. The van der Waals surface area contributed by atoms with E-state index in [0.717, 1.165) is 36.3 Å². The third kappa shape index (κ3) is 6.36. The van der Waals surface area contributed by atoms with E-state index in [2.05, 4.69) is 10.0 Å². The summed E-state index contributed by atoms with van der Waals surface area (Å²) in [5.41, 5.74) is 2.83. The molecule has 34 heavy (non-hydrogen) atoms. The number of hydrogen-bond donors (Lipinski definition) is 2. The zero-order chi connectivity index (χ0) is 24.0. The monoisotopic (exact) mass is 480 g/mol. The number of hydrogen-bond acceptors (Lipinski definition) is 5. The molecule has 1 amide bonds. The third-order valence-electron chi connectivity index (χ3n) is 5.57. The molecule has 3 aromatic carbocycles. The third-order valence-corrected chi connectivity index (χ3v) is 6.96. The summed E-state index contributed by atoms with van der Waals surface area (Å²) >= 11 is 0. The first kappa shape index (κ1) is 23.8. The lowest BCUT2D eigenvalue weighted by Crippen LogP contribution is -2.23. The quantitative estimate of drug-likeness (QED) is 0.477. The number of benzene rings is 3. The second-order valence-electron chi connectivity index (χ2n) is 8.27. The van der Waals surface area contributed by atoms with Crippen LogP contribution < -0.4 is 14.8 Å². The van der Waals surface area contributed by atoms with Crippen molar-refractivity contribution in [3.8, 4) is 5.75 Å². The van der Waals surface area contributed by atoms with Gasteiger partial charge in [-0.15, -0.1) is 0 Å². The lowest BCUT2D eigenvalue weighted by molar-refractivity contribution is 0.0679. The minimum atomic E-state index is -3.74. The van der Waals surface area contributed by atoms with Crippen LogP contribution in [0.3, 0.4) is 0 Å². The standard InChI is InChI=1S/C26H28N2O5S/c1-19-4-10-22(11-5-19)28-34(30,31)25-14-8-21(9-15-25)26(29)27-17-20-6-12-23(13-7-20)33-18-24-3-2-16-32-24/h4-15,24,28H,2-3,16-18H2,1H3,(H,27,29). The Morgan fingerprint density at radius 3 is 2.35 bits per heavy atom. The van der Waals surface area contributed by atoms with Crippen LogP contribution in [-0.4, -0.2) is 33.6 Å². The fourth-order valence-corrected chi connectivity index (χ4v) is 4.63. The Morgan fingerprint density at radius 1 is 1.00 bits per heavy atom. The zero-order valence-electron chi connectivity index (χ0n) is 19.0. The summed E-state index contributed by atoms with van der Waals surface area (Å²) in [6.45, 7) is 3.62. The number of rotatable bonds is 9. The lowest BCUT2D eigenvalue weighted by Gasteiger charge is -2.12. The maximum Gasteiger partial charge on any atom is 0.261 e. The first-order valence-electron chi connectivity index (χ1n) is 11.2. The average molecular weight is 481 g/mol. The molecular formula is C26H28N2O5S. The molecular weight excluding hydrogens is 452 g/mol. The largest absolute Gasteiger partial charge is 0.491 e. The van der Waals surface area contributed by atoms with Gasteiger partial charge in [-0.1, -0.05) is 29.8 Å². The Kier molecular flexibility index (Phi) is 7.49. The molecule has 1 atom stereocenters. The van der Waals surface area contributed by atoms with E-state index < -0.39 is 10.0 Å². The van der Waals surface area contributed by atoms with Crippen LogP contribution in [0.15, 0.2) is 77.7 Å². The highest BCUT2D eigenvalue weighted by molar-refractivity contribution is 7.92. The Morgan fingerprint density at radius 2 is 1.71 bits per heavy atom. The molecule has 0 aromatic heterocycles. The normalized spacial score (nSPS) is 15.6. The van der Waals surface area contributed by atoms with Crippen molar-refractivity contribution in [2.24, 2.45) is 0 Å². The van der Waals surface area contributed by atoms with Gasteiger partial charge in [0.15, 0.2) is 0 Å². The number of sulfonamides is 1. The van der Waals surface area contributed by atoms with E-state index in [1.165, 1.54) is 24.3 Å². The molecule has 4 rings (SSSR count). The van der Waals surface area contributed by atoms with E-state index >= 15 is 0 Å². The van der Waals surface area contributed by atoms with Crippen LogP contribution in [0.2, 0.25) is 0 Å². The van der Waals surface area contributed by atoms with Crippen LogP contribution in [0.1, 0.15) is 34.3 Å². The van der Waals surface area contributed by atoms with E-state index in [1.54, 1.807) is 12.1 Å². The summed E-state index contributed by atoms with van der Waals surface area (Å²) < 4.78 is 39.0. The molecule has 1 aliphatic heterocycles. The second-order valence-corrected chi connectivity index (χ2v) is 9.95. The van der Waals surface area contributed by atoms with Gasteiger partial charge in [0, 0.05) is 24.4 Å². The fraction of sp³-hybridized carbons (Fsp3) is 0.269. The van der Waals surface area contributed by atoms with Crippen molar-refractivity contribution in [3.63, 3.8) is 0 Å². The molecule has 1 fully saturated rings. The Bertz CT molecular complexity index is 1200. The van der Waals surface area contributed by atoms with Crippen LogP contribution in [0, 0.1) is 6.92 Å². The SMILES string of the molecule is Cc1ccc(NS(=O)(=O)c2ccc(C(=O)NCc3ccc(OCC4CCCO4)cc3)cc2)cc1. The van der Waals surface area contributed by atoms with Gasteiger partial charge in [-0.25, -0.2) is 8.42 Å². The summed E-state index contributed by atoms with van der Waals surface area (Å²) in [5, 5.41) is 2.85. The maximum atomic E-state index is 12.6. The van der Waals surface area contributed by atoms with Crippen LogP contribution in [0.25, 0.3) is 0 Å². The molecule has 0 bridgehead atoms. The highest BCUT2D eigenvalue weighted by atomic mass is 32.2. The molecule has 0 aliphatic carbocycles. The molecule has 1 unspecified atom stereocenters. The van der Waals surface area contributed by atoms with Crippen molar-refractivity contribution < 1.29 is 22.7 Å². The van der Waals surface area contributed by atoms with Gasteiger partial charge in [-0.3, -0.25) is 9.52 Å². The van der Waals surface area contributed by atoms with Gasteiger partial charge in [-0.05, 0) is 73.9 Å². The highest BCUT2D eigenvalue weighted by Gasteiger charge is 2.17. The number of nitrogens with one attached hydrogen (secondary N) is 2. The first-order valence-corrected chi connectivity index (χ1v) is 12.7. The van der Waals surface area contributed by atoms with Crippen molar-refractivity contribution in [1.82, 2.24) is 5.32 Å². The van der Waals surface area contributed by atoms with E-state index in [9.17, 15) is 13.2 Å². The van der Waals surface area contributed by atoms with Gasteiger partial charge < -0.3 is 14.8 Å². The molecule has 0 spiro atoms. The molecule has 178 valence electrons. The van der Waals surface area contributed by atoms with E-state index in [-0.39, 0.29) is 16.9 Å². The van der Waals surface area contributed by atoms with Crippen LogP contribution >= 0.6 is 0 Å². The van der Waals surface area contributed by atoms with Crippen molar-refractivity contribution in [1.29, 1.82) is 0 Å². The van der Waals surface area contributed by atoms with Gasteiger partial charge in [0.1, 0.15) is 12.4 Å². The van der Waals surface area contributed by atoms with Gasteiger partial charge >= 0.3 is 0 Å². The number of aryl methyl sites for hydroxylation is 1. The van der Waals surface area contributed by atoms with Crippen LogP contribution in [-0.2, 0) is 21.3 Å². The van der Waals surface area contributed by atoms with Gasteiger partial charge in [0.05, 0.1) is 11.0 Å². The van der Waals surface area contributed by atoms with Crippen molar-refractivity contribution in [2.75, 3.05) is 17.9 Å². The second kappa shape index (κ2) is 10.7. The van der Waals surface area contributed by atoms with Gasteiger partial charge in [0.25, 0.3) is 15.9 Å². The molecule has 2 N–H and O–H groups in total. The summed E-state index contributed by atoms with van der Waals surface area (Å²) in [5.74, 6) is 0.482. The van der Waals surface area contributed by atoms with Crippen molar-refractivity contribution in [2.45, 2.75) is 37.3 Å². The Balaban J connectivity index is 1.29. The van der Waals surface area contributed by atoms with Gasteiger partial charge in [0.2, 0.25) is 0 Å². The number of anilines is 1. The Hall–Kier alpha value is -3.36. The highest BCUT2D eigenvalue weighted by Crippen LogP contribution is 2.18. The summed E-state index contributed by atoms with van der Waals surface area (Å²) in [4.78, 5) is 12.6. The van der Waals surface area contributed by atoms with E-state index in [0.29, 0.717) is 24.4 Å². The molecule has 8 heteroatoms. The number of amides is 1. The molecule has 1 heterocycles. The molecule has 3 aromatic rings. The topological polar surface area (TPSA) is 93.7 Å². The molecule has 0 radical (unpaired) electrons. The van der Waals surface area contributed by atoms with E-state index in [1.807, 2.05) is 43.3 Å². The predicted octanol–water partition coefficient (Wildman–Crippen LogP) is 4.28. The number of carbonyl (C=O) groups is 1. The van der Waals surface area contributed by atoms with Gasteiger partial charge in [-0.2, -0.15) is 0 Å². The fourth-order valence-electron chi connectivity index (χ4n) is 3.57. The minimum Gasteiger partial charge on any atom is -0.491 e. The van der Waals surface area contributed by atoms with Crippen molar-refractivity contribution in [3.05, 3.63) is 89.5 Å². The number of carbonyl (C=O) groups excluding carboxylic acids is 1. The summed E-state index contributed by atoms with van der Waals surface area (Å²) in [6, 6.07) is 20.5. The average Bonchev–Trinajstić information content (AvgIpc) is 3.37. The first-order chi connectivity index (χ1) is 16.4. The maximum absolute atomic E-state index is 12.6. The molecule has 7 nitrogen and oxygen atoms in total. The molecule has 1 aliphatic rings. The summed E-state index contributed by atoms with van der Waals surface area (Å²) in [6.07, 6.45) is 2.27. The smallest absolute Gasteiger partial charge is 0.261 e. The van der Waals surface area contributed by atoms with Crippen LogP contribution in [0.4, 0.5) is 5.69 Å². The zero-order valence-corrected chi connectivity index (χ0v) is 19.8. The molecule has 1 saturated heterocycles. The lowest BCUT2D eigenvalue weighted by atomic mass is 10.2. The Labute approximate surface area is 200 Å². The van der Waals surface area contributed by atoms with E-state index in [4.69, 9.17) is 9.47 Å². The van der Waals surface area contributed by atoms with Crippen molar-refractivity contribution >= 4 is 21.6 Å².